The first-order valence-electron chi connectivity index (χ1n) is 9.88. The van der Waals surface area contributed by atoms with Gasteiger partial charge in [0.25, 0.3) is 0 Å². The average Bonchev–Trinajstić information content (AvgIpc) is 3.10. The quantitative estimate of drug-likeness (QED) is 0.690. The Hall–Kier alpha value is -2.62. The highest BCUT2D eigenvalue weighted by Gasteiger charge is 2.26. The molecule has 0 aliphatic carbocycles. The number of likely N-dealkylation sites (tertiary alicyclic amines) is 1. The number of piperidine rings is 1. The van der Waals surface area contributed by atoms with Crippen LogP contribution in [0.4, 0.5) is 0 Å². The van der Waals surface area contributed by atoms with Crippen LogP contribution in [0.2, 0.25) is 0 Å². The predicted octanol–water partition coefficient (Wildman–Crippen LogP) is 4.42. The van der Waals surface area contributed by atoms with E-state index in [2.05, 4.69) is 53.7 Å². The van der Waals surface area contributed by atoms with E-state index in [4.69, 9.17) is 0 Å². The van der Waals surface area contributed by atoms with Gasteiger partial charge in [-0.3, -0.25) is 4.79 Å². The Balaban J connectivity index is 1.66. The number of rotatable bonds is 4. The number of benzene rings is 1. The van der Waals surface area contributed by atoms with E-state index in [-0.39, 0.29) is 11.8 Å². The molecule has 1 amide bonds. The molecule has 2 aromatic heterocycles. The molecule has 4 heteroatoms. The Morgan fingerprint density at radius 1 is 1.19 bits per heavy atom. The highest BCUT2D eigenvalue weighted by molar-refractivity contribution is 5.78. The van der Waals surface area contributed by atoms with Crippen LogP contribution in [0.5, 0.6) is 0 Å². The van der Waals surface area contributed by atoms with Gasteiger partial charge in [-0.2, -0.15) is 0 Å². The highest BCUT2D eigenvalue weighted by atomic mass is 16.2. The van der Waals surface area contributed by atoms with Crippen molar-refractivity contribution in [1.82, 2.24) is 14.3 Å². The summed E-state index contributed by atoms with van der Waals surface area (Å²) < 4.78 is 2.12. The third-order valence-corrected chi connectivity index (χ3v) is 5.77. The van der Waals surface area contributed by atoms with E-state index < -0.39 is 0 Å². The standard InChI is InChI=1S/C23H27N3O/c1-17-8-11-25(12-9-17)23(27)15-20(19-6-4-3-5-7-19)21-16-24-22-14-18(2)10-13-26(21)22/h3-7,10,13-14,16-17,20H,8-9,11-12,15H2,1-2H3. The molecule has 4 rings (SSSR count). The number of carbonyl (C=O) groups excluding carboxylic acids is 1. The number of aromatic nitrogens is 2. The SMILES string of the molecule is Cc1ccn2c(C(CC(=O)N3CCC(C)CC3)c3ccccc3)cnc2c1. The summed E-state index contributed by atoms with van der Waals surface area (Å²) in [6.07, 6.45) is 6.70. The zero-order valence-electron chi connectivity index (χ0n) is 16.1. The molecule has 0 radical (unpaired) electrons. The van der Waals surface area contributed by atoms with Crippen LogP contribution in [-0.4, -0.2) is 33.3 Å². The van der Waals surface area contributed by atoms with Gasteiger partial charge in [0.2, 0.25) is 5.91 Å². The van der Waals surface area contributed by atoms with Gasteiger partial charge < -0.3 is 9.30 Å². The Labute approximate surface area is 160 Å². The minimum Gasteiger partial charge on any atom is -0.343 e. The van der Waals surface area contributed by atoms with Crippen LogP contribution in [0.15, 0.2) is 54.9 Å². The van der Waals surface area contributed by atoms with Crippen molar-refractivity contribution in [3.8, 4) is 0 Å². The second kappa shape index (κ2) is 7.55. The number of pyridine rings is 1. The van der Waals surface area contributed by atoms with Gasteiger partial charge in [-0.15, -0.1) is 0 Å². The first-order valence-corrected chi connectivity index (χ1v) is 9.88. The smallest absolute Gasteiger partial charge is 0.223 e. The van der Waals surface area contributed by atoms with Crippen LogP contribution < -0.4 is 0 Å². The van der Waals surface area contributed by atoms with Crippen molar-refractivity contribution in [2.75, 3.05) is 13.1 Å². The Morgan fingerprint density at radius 3 is 2.67 bits per heavy atom. The van der Waals surface area contributed by atoms with Gasteiger partial charge in [0, 0.05) is 37.8 Å². The van der Waals surface area contributed by atoms with E-state index in [1.807, 2.05) is 29.3 Å². The number of aryl methyl sites for hydroxylation is 1. The lowest BCUT2D eigenvalue weighted by Crippen LogP contribution is -2.38. The van der Waals surface area contributed by atoms with E-state index in [0.29, 0.717) is 6.42 Å². The second-order valence-electron chi connectivity index (χ2n) is 7.85. The van der Waals surface area contributed by atoms with Gasteiger partial charge in [-0.1, -0.05) is 37.3 Å². The molecule has 1 fully saturated rings. The molecule has 1 aliphatic heterocycles. The molecular formula is C23H27N3O. The van der Waals surface area contributed by atoms with Crippen LogP contribution in [0.25, 0.3) is 5.65 Å². The van der Waals surface area contributed by atoms with E-state index in [0.717, 1.165) is 43.2 Å². The third kappa shape index (κ3) is 3.75. The van der Waals surface area contributed by atoms with Crippen molar-refractivity contribution >= 4 is 11.6 Å². The van der Waals surface area contributed by atoms with Crippen LogP contribution in [0.3, 0.4) is 0 Å². The fraction of sp³-hybridized carbons (Fsp3) is 0.391. The molecule has 1 saturated heterocycles. The molecule has 3 heterocycles. The number of carbonyl (C=O) groups is 1. The van der Waals surface area contributed by atoms with Gasteiger partial charge in [-0.25, -0.2) is 4.98 Å². The Bertz CT molecular complexity index is 923. The van der Waals surface area contributed by atoms with E-state index in [1.165, 1.54) is 11.1 Å². The minimum absolute atomic E-state index is 0.00996. The number of nitrogens with zero attached hydrogens (tertiary/aromatic N) is 3. The number of hydrogen-bond acceptors (Lipinski definition) is 2. The van der Waals surface area contributed by atoms with Crippen LogP contribution >= 0.6 is 0 Å². The van der Waals surface area contributed by atoms with E-state index >= 15 is 0 Å². The molecule has 1 atom stereocenters. The lowest BCUT2D eigenvalue weighted by atomic mass is 9.91. The molecule has 0 bridgehead atoms. The van der Waals surface area contributed by atoms with Crippen molar-refractivity contribution in [3.63, 3.8) is 0 Å². The summed E-state index contributed by atoms with van der Waals surface area (Å²) in [7, 11) is 0. The van der Waals surface area contributed by atoms with E-state index in [9.17, 15) is 4.79 Å². The molecule has 0 spiro atoms. The van der Waals surface area contributed by atoms with Gasteiger partial charge in [0.1, 0.15) is 5.65 Å². The molecule has 3 aromatic rings. The van der Waals surface area contributed by atoms with Crippen molar-refractivity contribution in [3.05, 3.63) is 71.7 Å². The molecule has 0 N–H and O–H groups in total. The number of imidazole rings is 1. The van der Waals surface area contributed by atoms with Gasteiger partial charge >= 0.3 is 0 Å². The molecule has 0 saturated carbocycles. The van der Waals surface area contributed by atoms with E-state index in [1.54, 1.807) is 0 Å². The Morgan fingerprint density at radius 2 is 1.93 bits per heavy atom. The first-order chi connectivity index (χ1) is 13.1. The summed E-state index contributed by atoms with van der Waals surface area (Å²) in [5.41, 5.74) is 4.37. The molecule has 140 valence electrons. The van der Waals surface area contributed by atoms with Crippen molar-refractivity contribution in [1.29, 1.82) is 0 Å². The van der Waals surface area contributed by atoms with Crippen LogP contribution in [-0.2, 0) is 4.79 Å². The summed E-state index contributed by atoms with van der Waals surface area (Å²) in [4.78, 5) is 19.7. The third-order valence-electron chi connectivity index (χ3n) is 5.77. The maximum absolute atomic E-state index is 13.1. The lowest BCUT2D eigenvalue weighted by molar-refractivity contribution is -0.132. The second-order valence-corrected chi connectivity index (χ2v) is 7.85. The molecule has 1 aromatic carbocycles. The van der Waals surface area contributed by atoms with Gasteiger partial charge in [-0.05, 0) is 48.9 Å². The van der Waals surface area contributed by atoms with Crippen LogP contribution in [0.1, 0.15) is 48.9 Å². The topological polar surface area (TPSA) is 37.6 Å². The molecule has 4 nitrogen and oxygen atoms in total. The minimum atomic E-state index is 0.00996. The zero-order valence-corrected chi connectivity index (χ0v) is 16.1. The summed E-state index contributed by atoms with van der Waals surface area (Å²) in [5, 5.41) is 0. The lowest BCUT2D eigenvalue weighted by Gasteiger charge is -2.31. The zero-order chi connectivity index (χ0) is 18.8. The molecule has 1 unspecified atom stereocenters. The fourth-order valence-corrected chi connectivity index (χ4v) is 4.00. The molecular weight excluding hydrogens is 334 g/mol. The summed E-state index contributed by atoms with van der Waals surface area (Å²) in [6, 6.07) is 14.5. The summed E-state index contributed by atoms with van der Waals surface area (Å²) >= 11 is 0. The normalized spacial score (nSPS) is 16.6. The highest BCUT2D eigenvalue weighted by Crippen LogP contribution is 2.30. The van der Waals surface area contributed by atoms with Crippen LogP contribution in [0, 0.1) is 12.8 Å². The van der Waals surface area contributed by atoms with Crippen molar-refractivity contribution < 1.29 is 4.79 Å². The van der Waals surface area contributed by atoms with Gasteiger partial charge in [0.15, 0.2) is 0 Å². The summed E-state index contributed by atoms with van der Waals surface area (Å²) in [6.45, 7) is 6.11. The average molecular weight is 361 g/mol. The monoisotopic (exact) mass is 361 g/mol. The number of amides is 1. The number of hydrogen-bond donors (Lipinski definition) is 0. The molecule has 1 aliphatic rings. The Kier molecular flexibility index (Phi) is 4.97. The van der Waals surface area contributed by atoms with Gasteiger partial charge in [0.05, 0.1) is 5.69 Å². The van der Waals surface area contributed by atoms with Crippen molar-refractivity contribution in [2.45, 2.75) is 39.0 Å². The number of fused-ring (bicyclic) bond motifs is 1. The maximum Gasteiger partial charge on any atom is 0.223 e. The fourth-order valence-electron chi connectivity index (χ4n) is 4.00. The largest absolute Gasteiger partial charge is 0.343 e. The summed E-state index contributed by atoms with van der Waals surface area (Å²) in [5.74, 6) is 0.981. The first kappa shape index (κ1) is 17.8. The maximum atomic E-state index is 13.1. The van der Waals surface area contributed by atoms with Crippen molar-refractivity contribution in [2.24, 2.45) is 5.92 Å². The molecule has 27 heavy (non-hydrogen) atoms. The predicted molar refractivity (Wildman–Crippen MR) is 108 cm³/mol.